The maximum absolute atomic E-state index is 13.6. The van der Waals surface area contributed by atoms with Gasteiger partial charge in [-0.15, -0.1) is 11.8 Å². The van der Waals surface area contributed by atoms with Crippen LogP contribution in [0.15, 0.2) is 89.8 Å². The van der Waals surface area contributed by atoms with Crippen LogP contribution in [0, 0.1) is 0 Å². The molecule has 4 aromatic rings. The molecule has 0 fully saturated rings. The van der Waals surface area contributed by atoms with Gasteiger partial charge < -0.3 is 10.4 Å². The molecule has 2 N–H and O–H groups in total. The second kappa shape index (κ2) is 13.0. The molecular formula is C29H20Cl4N2O4S. The number of benzene rings is 4. The van der Waals surface area contributed by atoms with E-state index in [1.54, 1.807) is 29.2 Å². The first-order valence-electron chi connectivity index (χ1n) is 11.7. The molecule has 0 saturated heterocycles. The Morgan fingerprint density at radius 3 is 1.68 bits per heavy atom. The number of halogens is 4. The summed E-state index contributed by atoms with van der Waals surface area (Å²) in [7, 11) is 0. The third kappa shape index (κ3) is 6.40. The van der Waals surface area contributed by atoms with Gasteiger partial charge in [-0.25, -0.2) is 4.79 Å². The summed E-state index contributed by atoms with van der Waals surface area (Å²) in [4.78, 5) is 40.8. The van der Waals surface area contributed by atoms with Crippen molar-refractivity contribution in [3.8, 4) is 0 Å². The van der Waals surface area contributed by atoms with Gasteiger partial charge in [0.15, 0.2) is 0 Å². The second-order valence-corrected chi connectivity index (χ2v) is 11.3. The number of thioether (sulfide) groups is 1. The van der Waals surface area contributed by atoms with Gasteiger partial charge >= 0.3 is 5.97 Å². The Bertz CT molecular complexity index is 1530. The predicted molar refractivity (Wildman–Crippen MR) is 163 cm³/mol. The average Bonchev–Trinajstić information content (AvgIpc) is 2.95. The van der Waals surface area contributed by atoms with Gasteiger partial charge in [-0.2, -0.15) is 0 Å². The van der Waals surface area contributed by atoms with Crippen molar-refractivity contribution in [2.45, 2.75) is 17.1 Å². The molecule has 0 saturated carbocycles. The summed E-state index contributed by atoms with van der Waals surface area (Å²) >= 11 is 25.6. The van der Waals surface area contributed by atoms with Crippen molar-refractivity contribution in [3.05, 3.63) is 116 Å². The summed E-state index contributed by atoms with van der Waals surface area (Å²) in [6.07, 6.45) is 0. The fourth-order valence-electron chi connectivity index (χ4n) is 3.85. The summed E-state index contributed by atoms with van der Waals surface area (Å²) in [5, 5.41) is 10.5. The van der Waals surface area contributed by atoms with Crippen molar-refractivity contribution in [2.24, 2.45) is 0 Å². The molecule has 6 nitrogen and oxygen atoms in total. The SMILES string of the molecule is CC(Sc1ccc(NC(=O)c2c(Cl)c(Cl)c(Cl)c(Cl)c2C(=O)O)cc1)C(=O)N(c1ccccc1)c1ccccc1. The first kappa shape index (κ1) is 29.8. The number of aromatic carboxylic acids is 1. The molecule has 1 unspecified atom stereocenters. The molecule has 0 aliphatic rings. The monoisotopic (exact) mass is 632 g/mol. The van der Waals surface area contributed by atoms with Crippen LogP contribution in [0.1, 0.15) is 27.6 Å². The Hall–Kier alpha value is -3.20. The van der Waals surface area contributed by atoms with Crippen LogP contribution in [0.4, 0.5) is 17.1 Å². The van der Waals surface area contributed by atoms with Crippen molar-refractivity contribution in [1.29, 1.82) is 0 Å². The molecule has 40 heavy (non-hydrogen) atoms. The zero-order valence-electron chi connectivity index (χ0n) is 20.7. The number of carboxylic acids is 1. The van der Waals surface area contributed by atoms with Crippen LogP contribution in [-0.4, -0.2) is 28.1 Å². The molecule has 0 spiro atoms. The molecule has 0 bridgehead atoms. The van der Waals surface area contributed by atoms with Crippen molar-refractivity contribution in [3.63, 3.8) is 0 Å². The van der Waals surface area contributed by atoms with Crippen molar-refractivity contribution < 1.29 is 19.5 Å². The van der Waals surface area contributed by atoms with Gasteiger partial charge in [0.1, 0.15) is 0 Å². The quantitative estimate of drug-likeness (QED) is 0.115. The number of hydrogen-bond acceptors (Lipinski definition) is 4. The Morgan fingerprint density at radius 1 is 0.725 bits per heavy atom. The number of carbonyl (C=O) groups is 3. The summed E-state index contributed by atoms with van der Waals surface area (Å²) in [6.45, 7) is 1.82. The highest BCUT2D eigenvalue weighted by Crippen LogP contribution is 2.42. The van der Waals surface area contributed by atoms with Gasteiger partial charge in [0, 0.05) is 22.0 Å². The number of rotatable bonds is 8. The zero-order valence-corrected chi connectivity index (χ0v) is 24.5. The standard InChI is InChI=1S/C29H20Cl4N2O4S/c1-16(28(37)35(18-8-4-2-5-9-18)19-10-6-3-7-11-19)40-20-14-12-17(13-15-20)34-27(36)21-22(29(38)39)24(31)26(33)25(32)23(21)30/h2-16H,1H3,(H,34,36)(H,38,39). The highest BCUT2D eigenvalue weighted by atomic mass is 35.5. The van der Waals surface area contributed by atoms with Crippen LogP contribution in [0.3, 0.4) is 0 Å². The second-order valence-electron chi connectivity index (χ2n) is 8.39. The number of anilines is 3. The lowest BCUT2D eigenvalue weighted by Crippen LogP contribution is -2.32. The van der Waals surface area contributed by atoms with E-state index in [9.17, 15) is 19.5 Å². The van der Waals surface area contributed by atoms with Gasteiger partial charge in [0.05, 0.1) is 36.5 Å². The molecule has 204 valence electrons. The lowest BCUT2D eigenvalue weighted by Gasteiger charge is -2.26. The van der Waals surface area contributed by atoms with E-state index < -0.39 is 28.3 Å². The molecule has 0 aliphatic heterocycles. The molecule has 2 amide bonds. The Kier molecular flexibility index (Phi) is 9.66. The molecule has 0 radical (unpaired) electrons. The molecule has 4 rings (SSSR count). The Balaban J connectivity index is 1.52. The minimum atomic E-state index is -1.49. The first-order chi connectivity index (χ1) is 19.1. The molecule has 0 aliphatic carbocycles. The highest BCUT2D eigenvalue weighted by Gasteiger charge is 2.29. The number of amides is 2. The van der Waals surface area contributed by atoms with E-state index in [1.807, 2.05) is 67.6 Å². The van der Waals surface area contributed by atoms with E-state index in [2.05, 4.69) is 5.32 Å². The van der Waals surface area contributed by atoms with Crippen molar-refractivity contribution in [2.75, 3.05) is 10.2 Å². The normalized spacial score (nSPS) is 11.5. The summed E-state index contributed by atoms with van der Waals surface area (Å²) in [5.41, 5.74) is 0.905. The van der Waals surface area contributed by atoms with Crippen molar-refractivity contribution in [1.82, 2.24) is 0 Å². The van der Waals surface area contributed by atoms with Crippen LogP contribution in [0.25, 0.3) is 0 Å². The minimum Gasteiger partial charge on any atom is -0.478 e. The van der Waals surface area contributed by atoms with Crippen LogP contribution < -0.4 is 10.2 Å². The molecular weight excluding hydrogens is 614 g/mol. The molecule has 4 aromatic carbocycles. The smallest absolute Gasteiger partial charge is 0.338 e. The van der Waals surface area contributed by atoms with E-state index in [-0.39, 0.29) is 26.0 Å². The number of carbonyl (C=O) groups excluding carboxylic acids is 2. The lowest BCUT2D eigenvalue weighted by atomic mass is 10.1. The topological polar surface area (TPSA) is 86.7 Å². The van der Waals surface area contributed by atoms with Crippen LogP contribution >= 0.6 is 58.2 Å². The number of carboxylic acid groups (broad SMARTS) is 1. The molecule has 0 aromatic heterocycles. The number of hydrogen-bond donors (Lipinski definition) is 2. The average molecular weight is 634 g/mol. The third-order valence-electron chi connectivity index (χ3n) is 5.73. The Morgan fingerprint density at radius 2 is 1.20 bits per heavy atom. The van der Waals surface area contributed by atoms with Gasteiger partial charge in [-0.1, -0.05) is 82.8 Å². The van der Waals surface area contributed by atoms with Gasteiger partial charge in [0.25, 0.3) is 5.91 Å². The summed E-state index contributed by atoms with van der Waals surface area (Å²) < 4.78 is 0. The summed E-state index contributed by atoms with van der Waals surface area (Å²) in [6, 6.07) is 25.5. The van der Waals surface area contributed by atoms with Crippen LogP contribution in [-0.2, 0) is 4.79 Å². The third-order valence-corrected chi connectivity index (χ3v) is 8.63. The number of nitrogens with one attached hydrogen (secondary N) is 1. The summed E-state index contributed by atoms with van der Waals surface area (Å²) in [5.74, 6) is -2.42. The first-order valence-corrected chi connectivity index (χ1v) is 14.1. The molecule has 11 heteroatoms. The largest absolute Gasteiger partial charge is 0.478 e. The number of para-hydroxylation sites is 2. The van der Waals surface area contributed by atoms with E-state index in [4.69, 9.17) is 46.4 Å². The van der Waals surface area contributed by atoms with Gasteiger partial charge in [-0.3, -0.25) is 14.5 Å². The lowest BCUT2D eigenvalue weighted by molar-refractivity contribution is -0.117. The maximum atomic E-state index is 13.6. The van der Waals surface area contributed by atoms with Crippen LogP contribution in [0.5, 0.6) is 0 Å². The molecule has 0 heterocycles. The van der Waals surface area contributed by atoms with E-state index >= 15 is 0 Å². The predicted octanol–water partition coefficient (Wildman–Crippen LogP) is 9.10. The van der Waals surface area contributed by atoms with E-state index in [1.165, 1.54) is 11.8 Å². The highest BCUT2D eigenvalue weighted by molar-refractivity contribution is 8.00. The fourth-order valence-corrected chi connectivity index (χ4v) is 5.78. The zero-order chi connectivity index (χ0) is 29.0. The van der Waals surface area contributed by atoms with Crippen molar-refractivity contribution >= 4 is 93.0 Å². The Labute approximate surface area is 254 Å². The van der Waals surface area contributed by atoms with Gasteiger partial charge in [-0.05, 0) is 55.5 Å². The van der Waals surface area contributed by atoms with E-state index in [0.717, 1.165) is 16.3 Å². The fraction of sp³-hybridized carbons (Fsp3) is 0.0690. The van der Waals surface area contributed by atoms with E-state index in [0.29, 0.717) is 5.69 Å². The van der Waals surface area contributed by atoms with Crippen LogP contribution in [0.2, 0.25) is 20.1 Å². The minimum absolute atomic E-state index is 0.105. The molecule has 1 atom stereocenters. The maximum Gasteiger partial charge on any atom is 0.338 e. The van der Waals surface area contributed by atoms with Gasteiger partial charge in [0.2, 0.25) is 5.91 Å². The number of nitrogens with zero attached hydrogens (tertiary/aromatic N) is 1.